The van der Waals surface area contributed by atoms with Crippen LogP contribution in [0.25, 0.3) is 0 Å². The average Bonchev–Trinajstić information content (AvgIpc) is 3.25. The van der Waals surface area contributed by atoms with Gasteiger partial charge in [-0.25, -0.2) is 0 Å². The fraction of sp³-hybridized carbons (Fsp3) is 0.684. The maximum Gasteiger partial charge on any atom is 0.112 e. The first kappa shape index (κ1) is 14.4. The van der Waals surface area contributed by atoms with Crippen molar-refractivity contribution in [2.45, 2.75) is 56.4 Å². The van der Waals surface area contributed by atoms with Gasteiger partial charge in [0, 0.05) is 11.5 Å². The lowest BCUT2D eigenvalue weighted by Gasteiger charge is -2.47. The molecule has 0 amide bonds. The lowest BCUT2D eigenvalue weighted by molar-refractivity contribution is 0.0361. The van der Waals surface area contributed by atoms with Gasteiger partial charge in [-0.05, 0) is 57.0 Å². The van der Waals surface area contributed by atoms with Crippen LogP contribution in [0, 0.1) is 5.92 Å². The van der Waals surface area contributed by atoms with Crippen LogP contribution in [-0.4, -0.2) is 30.6 Å². The molecule has 0 unspecified atom stereocenters. The van der Waals surface area contributed by atoms with Gasteiger partial charge in [0.2, 0.25) is 0 Å². The molecule has 3 aliphatic rings. The molecule has 1 saturated carbocycles. The van der Waals surface area contributed by atoms with Crippen molar-refractivity contribution in [2.24, 2.45) is 5.92 Å². The predicted octanol–water partition coefficient (Wildman–Crippen LogP) is 4.32. The molecule has 1 aliphatic heterocycles. The lowest BCUT2D eigenvalue weighted by Crippen LogP contribution is -2.54. The number of rotatable bonds is 3. The van der Waals surface area contributed by atoms with E-state index in [0.717, 1.165) is 5.76 Å². The van der Waals surface area contributed by atoms with Crippen molar-refractivity contribution in [3.05, 3.63) is 36.0 Å². The van der Waals surface area contributed by atoms with E-state index in [1.54, 1.807) is 0 Å². The highest BCUT2D eigenvalue weighted by Crippen LogP contribution is 2.55. The Morgan fingerprint density at radius 2 is 2.05 bits per heavy atom. The zero-order valence-electron chi connectivity index (χ0n) is 13.6. The number of fused-ring (bicyclic) bond motifs is 1. The molecule has 1 aromatic rings. The zero-order valence-corrected chi connectivity index (χ0v) is 13.6. The summed E-state index contributed by atoms with van der Waals surface area (Å²) < 4.78 is 11.7. The fourth-order valence-electron chi connectivity index (χ4n) is 5.26. The second kappa shape index (κ2) is 5.77. The van der Waals surface area contributed by atoms with E-state index >= 15 is 0 Å². The third kappa shape index (κ3) is 2.05. The normalized spacial score (nSPS) is 36.0. The minimum absolute atomic E-state index is 0.191. The summed E-state index contributed by atoms with van der Waals surface area (Å²) in [4.78, 5) is 2.78. The minimum atomic E-state index is 0.191. The zero-order chi connectivity index (χ0) is 15.0. The number of hydrogen-bond donors (Lipinski definition) is 0. The summed E-state index contributed by atoms with van der Waals surface area (Å²) in [7, 11) is 1.84. The van der Waals surface area contributed by atoms with Crippen molar-refractivity contribution >= 4 is 0 Å². The van der Waals surface area contributed by atoms with Crippen LogP contribution in [0.4, 0.5) is 0 Å². The van der Waals surface area contributed by atoms with Gasteiger partial charge in [0.05, 0.1) is 25.1 Å². The molecule has 3 atom stereocenters. The third-order valence-electron chi connectivity index (χ3n) is 6.17. The Balaban J connectivity index is 1.81. The highest BCUT2D eigenvalue weighted by molar-refractivity contribution is 5.34. The van der Waals surface area contributed by atoms with Gasteiger partial charge in [-0.2, -0.15) is 0 Å². The maximum absolute atomic E-state index is 5.86. The van der Waals surface area contributed by atoms with E-state index in [2.05, 4.69) is 17.0 Å². The summed E-state index contributed by atoms with van der Waals surface area (Å²) >= 11 is 0. The largest absolute Gasteiger partial charge is 0.501 e. The highest BCUT2D eigenvalue weighted by atomic mass is 16.5. The van der Waals surface area contributed by atoms with Gasteiger partial charge in [0.15, 0.2) is 0 Å². The number of methoxy groups -OCH3 is 1. The van der Waals surface area contributed by atoms with Crippen LogP contribution in [-0.2, 0) is 4.74 Å². The van der Waals surface area contributed by atoms with Crippen molar-refractivity contribution < 1.29 is 9.15 Å². The molecule has 0 N–H and O–H groups in total. The van der Waals surface area contributed by atoms with E-state index in [1.165, 1.54) is 63.8 Å². The second-order valence-corrected chi connectivity index (χ2v) is 7.10. The monoisotopic (exact) mass is 301 g/mol. The van der Waals surface area contributed by atoms with Crippen LogP contribution in [0.2, 0.25) is 0 Å². The van der Waals surface area contributed by atoms with E-state index in [9.17, 15) is 0 Å². The number of ether oxygens (including phenoxy) is 1. The van der Waals surface area contributed by atoms with Crippen molar-refractivity contribution in [1.82, 2.24) is 4.90 Å². The van der Waals surface area contributed by atoms with Gasteiger partial charge < -0.3 is 9.15 Å². The van der Waals surface area contributed by atoms with Gasteiger partial charge >= 0.3 is 0 Å². The van der Waals surface area contributed by atoms with Crippen molar-refractivity contribution in [3.8, 4) is 0 Å². The van der Waals surface area contributed by atoms with E-state index in [0.29, 0.717) is 11.8 Å². The van der Waals surface area contributed by atoms with Crippen LogP contribution < -0.4 is 0 Å². The van der Waals surface area contributed by atoms with E-state index in [1.807, 2.05) is 19.4 Å². The van der Waals surface area contributed by atoms with Crippen LogP contribution in [0.1, 0.15) is 56.6 Å². The Labute approximate surface area is 133 Å². The first-order valence-corrected chi connectivity index (χ1v) is 8.90. The topological polar surface area (TPSA) is 25.6 Å². The minimum Gasteiger partial charge on any atom is -0.501 e. The molecule has 0 radical (unpaired) electrons. The summed E-state index contributed by atoms with van der Waals surface area (Å²) in [6.45, 7) is 2.47. The predicted molar refractivity (Wildman–Crippen MR) is 86.7 cm³/mol. The molecule has 1 aromatic heterocycles. The van der Waals surface area contributed by atoms with Gasteiger partial charge in [0.1, 0.15) is 5.76 Å². The van der Waals surface area contributed by atoms with E-state index < -0.39 is 0 Å². The summed E-state index contributed by atoms with van der Waals surface area (Å²) in [5.41, 5.74) is 0.191. The van der Waals surface area contributed by atoms with Crippen molar-refractivity contribution in [1.29, 1.82) is 0 Å². The Kier molecular flexibility index (Phi) is 3.77. The summed E-state index contributed by atoms with van der Waals surface area (Å²) in [5, 5.41) is 0. The maximum atomic E-state index is 5.86. The van der Waals surface area contributed by atoms with E-state index in [4.69, 9.17) is 9.15 Å². The summed E-state index contributed by atoms with van der Waals surface area (Å²) in [5.74, 6) is 3.20. The average molecular weight is 301 g/mol. The molecule has 0 bridgehead atoms. The van der Waals surface area contributed by atoms with Crippen LogP contribution in [0.15, 0.2) is 34.6 Å². The smallest absolute Gasteiger partial charge is 0.112 e. The summed E-state index contributed by atoms with van der Waals surface area (Å²) in [6, 6.07) is 4.18. The quantitative estimate of drug-likeness (QED) is 0.831. The number of hydrogen-bond acceptors (Lipinski definition) is 3. The SMILES string of the molecule is COC1=C[C@@H](c2ccco2)[C@@]2(N3CCCC3)CCCCC[C@@H]12. The van der Waals surface area contributed by atoms with Crippen LogP contribution in [0.3, 0.4) is 0 Å². The van der Waals surface area contributed by atoms with Gasteiger partial charge in [-0.3, -0.25) is 4.90 Å². The standard InChI is InChI=1S/C19H27NO2/c1-21-18-14-16(17-9-7-13-22-17)19(20-11-5-6-12-20)10-4-2-3-8-15(18)19/h7,9,13-16H,2-6,8,10-12H2,1H3/t15-,16-,19+/m0/s1. The van der Waals surface area contributed by atoms with Gasteiger partial charge in [0.25, 0.3) is 0 Å². The lowest BCUT2D eigenvalue weighted by atomic mass is 9.73. The molecule has 0 aromatic carbocycles. The van der Waals surface area contributed by atoms with Crippen molar-refractivity contribution in [3.63, 3.8) is 0 Å². The molecule has 3 heteroatoms. The molecule has 120 valence electrons. The first-order valence-electron chi connectivity index (χ1n) is 8.90. The molecule has 2 aliphatic carbocycles. The number of likely N-dealkylation sites (tertiary alicyclic amines) is 1. The highest BCUT2D eigenvalue weighted by Gasteiger charge is 2.56. The molecule has 4 rings (SSSR count). The number of nitrogens with zero attached hydrogens (tertiary/aromatic N) is 1. The Morgan fingerprint density at radius 1 is 1.18 bits per heavy atom. The molecular formula is C19H27NO2. The third-order valence-corrected chi connectivity index (χ3v) is 6.17. The molecule has 22 heavy (non-hydrogen) atoms. The molecule has 0 spiro atoms. The summed E-state index contributed by atoms with van der Waals surface area (Å²) in [6.07, 6.45) is 13.4. The van der Waals surface area contributed by atoms with Crippen molar-refractivity contribution in [2.75, 3.05) is 20.2 Å². The molecule has 1 saturated heterocycles. The van der Waals surface area contributed by atoms with Crippen LogP contribution >= 0.6 is 0 Å². The molecule has 3 nitrogen and oxygen atoms in total. The second-order valence-electron chi connectivity index (χ2n) is 7.10. The van der Waals surface area contributed by atoms with Gasteiger partial charge in [-0.15, -0.1) is 0 Å². The Hall–Kier alpha value is -1.22. The molecule has 2 fully saturated rings. The fourth-order valence-corrected chi connectivity index (χ4v) is 5.26. The molecular weight excluding hydrogens is 274 g/mol. The Bertz CT molecular complexity index is 530. The molecule has 2 heterocycles. The van der Waals surface area contributed by atoms with Gasteiger partial charge in [-0.1, -0.05) is 19.3 Å². The first-order chi connectivity index (χ1) is 10.9. The number of furan rings is 1. The Morgan fingerprint density at radius 3 is 2.77 bits per heavy atom. The van der Waals surface area contributed by atoms with Crippen LogP contribution in [0.5, 0.6) is 0 Å². The van der Waals surface area contributed by atoms with E-state index in [-0.39, 0.29) is 5.54 Å².